The highest BCUT2D eigenvalue weighted by molar-refractivity contribution is 5.87. The number of fused-ring (bicyclic) bond motifs is 5. The first-order chi connectivity index (χ1) is 4.86. The number of hydrogen-bond donors (Lipinski definition) is 1. The normalized spacial score (nSPS) is 54.2. The third-order valence-corrected chi connectivity index (χ3v) is 3.07. The van der Waals surface area contributed by atoms with Gasteiger partial charge in [-0.2, -0.15) is 0 Å². The summed E-state index contributed by atoms with van der Waals surface area (Å²) in [6.07, 6.45) is 5.68. The second-order valence-corrected chi connectivity index (χ2v) is 3.51. The van der Waals surface area contributed by atoms with Crippen molar-refractivity contribution >= 4 is 5.91 Å². The summed E-state index contributed by atoms with van der Waals surface area (Å²) in [5.74, 6) is 1.90. The summed E-state index contributed by atoms with van der Waals surface area (Å²) in [5, 5.41) is 2.95. The second kappa shape index (κ2) is 1.29. The fraction of sp³-hybridized carbons (Fsp3) is 0.625. The molecule has 3 rings (SSSR count). The van der Waals surface area contributed by atoms with E-state index >= 15 is 0 Å². The van der Waals surface area contributed by atoms with Crippen LogP contribution in [0.25, 0.3) is 0 Å². The summed E-state index contributed by atoms with van der Waals surface area (Å²) in [6, 6.07) is 0.516. The van der Waals surface area contributed by atoms with Gasteiger partial charge in [0.1, 0.15) is 0 Å². The largest absolute Gasteiger partial charge is 0.352 e. The van der Waals surface area contributed by atoms with E-state index in [2.05, 4.69) is 17.5 Å². The van der Waals surface area contributed by atoms with E-state index in [4.69, 9.17) is 0 Å². The second-order valence-electron chi connectivity index (χ2n) is 3.51. The molecule has 1 saturated heterocycles. The Morgan fingerprint density at radius 1 is 1.40 bits per heavy atom. The molecule has 2 fully saturated rings. The fourth-order valence-electron chi connectivity index (χ4n) is 2.54. The third-order valence-electron chi connectivity index (χ3n) is 3.07. The van der Waals surface area contributed by atoms with Gasteiger partial charge < -0.3 is 5.32 Å². The van der Waals surface area contributed by atoms with Gasteiger partial charge >= 0.3 is 0 Å². The van der Waals surface area contributed by atoms with E-state index in [1.165, 1.54) is 6.42 Å². The van der Waals surface area contributed by atoms with Gasteiger partial charge in [-0.25, -0.2) is 0 Å². The topological polar surface area (TPSA) is 29.1 Å². The number of allylic oxidation sites excluding steroid dienone is 1. The Bertz CT molecular complexity index is 233. The summed E-state index contributed by atoms with van der Waals surface area (Å²) >= 11 is 0. The van der Waals surface area contributed by atoms with Crippen molar-refractivity contribution in [1.29, 1.82) is 0 Å². The van der Waals surface area contributed by atoms with E-state index in [1.54, 1.807) is 0 Å². The number of hydrogen-bond acceptors (Lipinski definition) is 1. The Labute approximate surface area is 59.3 Å². The SMILES string of the molecule is O=C1N[C@@H]2C1[C@H]1C=C[C@@H]2C1. The molecule has 1 aliphatic heterocycles. The van der Waals surface area contributed by atoms with Crippen LogP contribution in [0.15, 0.2) is 12.2 Å². The van der Waals surface area contributed by atoms with Crippen molar-refractivity contribution in [2.45, 2.75) is 12.5 Å². The highest BCUT2D eigenvalue weighted by Gasteiger charge is 2.54. The first-order valence-electron chi connectivity index (χ1n) is 3.85. The summed E-state index contributed by atoms with van der Waals surface area (Å²) in [4.78, 5) is 11.0. The molecule has 3 aliphatic rings. The quantitative estimate of drug-likeness (QED) is 0.376. The molecule has 0 aromatic rings. The van der Waals surface area contributed by atoms with Gasteiger partial charge in [0.2, 0.25) is 5.91 Å². The van der Waals surface area contributed by atoms with Gasteiger partial charge in [-0.1, -0.05) is 12.2 Å². The van der Waals surface area contributed by atoms with Gasteiger partial charge in [-0.3, -0.25) is 4.79 Å². The lowest BCUT2D eigenvalue weighted by Gasteiger charge is -2.37. The molecule has 1 unspecified atom stereocenters. The number of rotatable bonds is 0. The molecule has 1 saturated carbocycles. The Morgan fingerprint density at radius 3 is 2.80 bits per heavy atom. The van der Waals surface area contributed by atoms with Crippen LogP contribution in [0.3, 0.4) is 0 Å². The van der Waals surface area contributed by atoms with Crippen molar-refractivity contribution in [2.75, 3.05) is 0 Å². The van der Waals surface area contributed by atoms with Crippen LogP contribution in [0.4, 0.5) is 0 Å². The Kier molecular flexibility index (Phi) is 0.636. The van der Waals surface area contributed by atoms with Crippen molar-refractivity contribution in [3.8, 4) is 0 Å². The smallest absolute Gasteiger partial charge is 0.226 e. The first-order valence-corrected chi connectivity index (χ1v) is 3.85. The molecule has 0 aromatic heterocycles. The minimum Gasteiger partial charge on any atom is -0.352 e. The summed E-state index contributed by atoms with van der Waals surface area (Å²) < 4.78 is 0. The van der Waals surface area contributed by atoms with Crippen molar-refractivity contribution < 1.29 is 4.79 Å². The molecule has 2 heteroatoms. The van der Waals surface area contributed by atoms with Crippen LogP contribution in [-0.2, 0) is 4.79 Å². The molecule has 2 nitrogen and oxygen atoms in total. The zero-order valence-electron chi connectivity index (χ0n) is 5.58. The summed E-state index contributed by atoms with van der Waals surface area (Å²) in [5.41, 5.74) is 0. The van der Waals surface area contributed by atoms with Crippen LogP contribution in [0.2, 0.25) is 0 Å². The van der Waals surface area contributed by atoms with Gasteiger partial charge in [0.05, 0.1) is 5.92 Å². The molecule has 10 heavy (non-hydrogen) atoms. The average molecular weight is 135 g/mol. The van der Waals surface area contributed by atoms with E-state index in [0.717, 1.165) is 0 Å². The van der Waals surface area contributed by atoms with Crippen LogP contribution in [0.5, 0.6) is 0 Å². The molecule has 1 heterocycles. The monoisotopic (exact) mass is 135 g/mol. The van der Waals surface area contributed by atoms with Gasteiger partial charge in [-0.15, -0.1) is 0 Å². The Morgan fingerprint density at radius 2 is 2.20 bits per heavy atom. The fourth-order valence-corrected chi connectivity index (χ4v) is 2.54. The highest BCUT2D eigenvalue weighted by Crippen LogP contribution is 2.47. The maximum absolute atomic E-state index is 11.0. The molecule has 0 spiro atoms. The van der Waals surface area contributed by atoms with Crippen LogP contribution >= 0.6 is 0 Å². The first kappa shape index (κ1) is 4.94. The average Bonchev–Trinajstić information content (AvgIpc) is 2.40. The van der Waals surface area contributed by atoms with Crippen molar-refractivity contribution in [1.82, 2.24) is 5.32 Å². The lowest BCUT2D eigenvalue weighted by Crippen LogP contribution is -2.59. The maximum Gasteiger partial charge on any atom is 0.226 e. The molecule has 52 valence electrons. The zero-order chi connectivity index (χ0) is 6.72. The molecule has 2 aliphatic carbocycles. The van der Waals surface area contributed by atoms with Crippen molar-refractivity contribution in [2.24, 2.45) is 17.8 Å². The predicted molar refractivity (Wildman–Crippen MR) is 36.2 cm³/mol. The molecule has 0 aromatic carbocycles. The van der Waals surface area contributed by atoms with E-state index in [-0.39, 0.29) is 5.91 Å². The number of carbonyl (C=O) groups is 1. The molecule has 1 N–H and O–H groups in total. The zero-order valence-corrected chi connectivity index (χ0v) is 5.58. The van der Waals surface area contributed by atoms with Gasteiger partial charge in [0, 0.05) is 6.04 Å². The standard InChI is InChI=1S/C8H9NO/c10-8-6-4-1-2-5(3-4)7(6)9-8/h1-2,4-7H,3H2,(H,9,10)/t4-,5+,6?,7-/m0/s1. The number of carbonyl (C=O) groups excluding carboxylic acids is 1. The molecular weight excluding hydrogens is 126 g/mol. The van der Waals surface area contributed by atoms with Crippen molar-refractivity contribution in [3.05, 3.63) is 12.2 Å². The lowest BCUT2D eigenvalue weighted by atomic mass is 9.82. The number of amides is 1. The van der Waals surface area contributed by atoms with Crippen LogP contribution in [0, 0.1) is 17.8 Å². The molecule has 2 bridgehead atoms. The van der Waals surface area contributed by atoms with Crippen LogP contribution in [0.1, 0.15) is 6.42 Å². The van der Waals surface area contributed by atoms with Crippen LogP contribution < -0.4 is 5.32 Å². The van der Waals surface area contributed by atoms with Gasteiger partial charge in [-0.05, 0) is 18.3 Å². The minimum atomic E-state index is 0.279. The maximum atomic E-state index is 11.0. The van der Waals surface area contributed by atoms with Crippen LogP contribution in [-0.4, -0.2) is 11.9 Å². The Balaban J connectivity index is 2.03. The predicted octanol–water partition coefficient (Wildman–Crippen LogP) is 0.307. The highest BCUT2D eigenvalue weighted by atomic mass is 16.2. The number of β-lactam (4-membered cyclic amide) rings is 1. The van der Waals surface area contributed by atoms with E-state index in [9.17, 15) is 4.79 Å². The minimum absolute atomic E-state index is 0.279. The van der Waals surface area contributed by atoms with Gasteiger partial charge in [0.15, 0.2) is 0 Å². The Hall–Kier alpha value is -0.790. The molecule has 1 amide bonds. The summed E-state index contributed by atoms with van der Waals surface area (Å²) in [7, 11) is 0. The van der Waals surface area contributed by atoms with Crippen molar-refractivity contribution in [3.63, 3.8) is 0 Å². The molecule has 4 atom stereocenters. The number of nitrogens with one attached hydrogen (secondary N) is 1. The molecular formula is C8H9NO. The van der Waals surface area contributed by atoms with Gasteiger partial charge in [0.25, 0.3) is 0 Å². The van der Waals surface area contributed by atoms with E-state index < -0.39 is 0 Å². The lowest BCUT2D eigenvalue weighted by molar-refractivity contribution is -0.135. The van der Waals surface area contributed by atoms with E-state index in [1.807, 2.05) is 0 Å². The summed E-state index contributed by atoms with van der Waals surface area (Å²) in [6.45, 7) is 0. The third kappa shape index (κ3) is 0.349. The van der Waals surface area contributed by atoms with E-state index in [0.29, 0.717) is 23.8 Å². The molecule has 0 radical (unpaired) electrons.